The number of carbonyl (C=O) groups excluding carboxylic acids is 3. The van der Waals surface area contributed by atoms with Gasteiger partial charge in [0.25, 0.3) is 0 Å². The third-order valence-electron chi connectivity index (χ3n) is 8.00. The van der Waals surface area contributed by atoms with Crippen molar-refractivity contribution in [3.05, 3.63) is 65.2 Å². The number of rotatable bonds is 14. The summed E-state index contributed by atoms with van der Waals surface area (Å²) in [5.41, 5.74) is 4.20. The topological polar surface area (TPSA) is 79.0 Å². The average Bonchev–Trinajstić information content (AvgIpc) is 3.46. The zero-order valence-electron chi connectivity index (χ0n) is 24.5. The first-order valence-corrected chi connectivity index (χ1v) is 15.4. The minimum absolute atomic E-state index is 0.0278. The van der Waals surface area contributed by atoms with Crippen LogP contribution in [-0.4, -0.2) is 55.0 Å². The van der Waals surface area contributed by atoms with Gasteiger partial charge in [-0.15, -0.1) is 0 Å². The van der Waals surface area contributed by atoms with Crippen LogP contribution in [0.5, 0.6) is 0 Å². The number of hydrogen-bond acceptors (Lipinski definition) is 4. The molecule has 0 aromatic heterocycles. The van der Waals surface area contributed by atoms with Gasteiger partial charge in [-0.1, -0.05) is 61.0 Å². The molecule has 2 aliphatic rings. The van der Waals surface area contributed by atoms with Gasteiger partial charge in [0.05, 0.1) is 24.9 Å². The molecule has 3 amide bonds. The molecular weight excluding hydrogens is 514 g/mol. The first-order valence-electron chi connectivity index (χ1n) is 15.4. The van der Waals surface area contributed by atoms with Gasteiger partial charge in [0.1, 0.15) is 0 Å². The van der Waals surface area contributed by atoms with Crippen LogP contribution in [0.2, 0.25) is 0 Å². The van der Waals surface area contributed by atoms with Crippen molar-refractivity contribution in [2.45, 2.75) is 83.7 Å². The number of nitrogens with one attached hydrogen (secondary N) is 1. The summed E-state index contributed by atoms with van der Waals surface area (Å²) in [6.45, 7) is 5.31. The van der Waals surface area contributed by atoms with E-state index >= 15 is 0 Å². The van der Waals surface area contributed by atoms with Gasteiger partial charge in [0.2, 0.25) is 17.7 Å². The van der Waals surface area contributed by atoms with Gasteiger partial charge in [-0.2, -0.15) is 0 Å². The van der Waals surface area contributed by atoms with E-state index in [-0.39, 0.29) is 23.8 Å². The summed E-state index contributed by atoms with van der Waals surface area (Å²) in [7, 11) is 0. The number of amides is 3. The molecule has 1 N–H and O–H groups in total. The average molecular weight is 560 g/mol. The van der Waals surface area contributed by atoms with E-state index in [1.807, 2.05) is 53.1 Å². The van der Waals surface area contributed by atoms with Crippen molar-refractivity contribution in [2.24, 2.45) is 0 Å². The number of nitrogens with zero attached hydrogens (tertiary/aromatic N) is 2. The fourth-order valence-corrected chi connectivity index (χ4v) is 5.70. The Morgan fingerprint density at radius 2 is 1.56 bits per heavy atom. The molecule has 0 radical (unpaired) electrons. The molecule has 0 unspecified atom stereocenters. The number of fused-ring (bicyclic) bond motifs is 2. The Morgan fingerprint density at radius 3 is 2.41 bits per heavy atom. The normalized spacial score (nSPS) is 16.9. The summed E-state index contributed by atoms with van der Waals surface area (Å²) in [6.07, 6.45) is 11.6. The first kappa shape index (κ1) is 30.5. The molecule has 1 atom stereocenters. The minimum Gasteiger partial charge on any atom is -0.380 e. The Hall–Kier alpha value is -3.45. The van der Waals surface area contributed by atoms with E-state index < -0.39 is 0 Å². The van der Waals surface area contributed by atoms with Crippen molar-refractivity contribution in [1.29, 1.82) is 0 Å². The van der Waals surface area contributed by atoms with Crippen molar-refractivity contribution < 1.29 is 19.1 Å². The molecule has 1 saturated heterocycles. The van der Waals surface area contributed by atoms with Crippen LogP contribution >= 0.6 is 0 Å². The quantitative estimate of drug-likeness (QED) is 0.289. The van der Waals surface area contributed by atoms with E-state index in [0.29, 0.717) is 58.4 Å². The SMILES string of the molecule is CCOC[C@@H]1CCCN1C(=O)CCCCCNC(=O)CCCCC(=O)N1Cc2ccccc2/C=C\c2ccccc21. The second kappa shape index (κ2) is 16.1. The van der Waals surface area contributed by atoms with Crippen molar-refractivity contribution in [2.75, 3.05) is 31.2 Å². The van der Waals surface area contributed by atoms with E-state index in [2.05, 4.69) is 29.6 Å². The standard InChI is InChI=1S/C34H45N3O4/c1-2-41-26-30-16-12-24-36(30)33(39)19-4-3-11-23-35-32(38)18-9-10-20-34(40)37-25-29-15-6-5-13-27(29)21-22-28-14-7-8-17-31(28)37/h5-8,13-15,17,21-22,30H,2-4,9-12,16,18-20,23-26H2,1H3,(H,35,38)/b22-21-/t30-/m0/s1. The van der Waals surface area contributed by atoms with Crippen LogP contribution in [0.25, 0.3) is 12.2 Å². The molecular formula is C34H45N3O4. The highest BCUT2D eigenvalue weighted by atomic mass is 16.5. The van der Waals surface area contributed by atoms with Gasteiger partial charge in [0.15, 0.2) is 0 Å². The summed E-state index contributed by atoms with van der Waals surface area (Å²) in [4.78, 5) is 42.1. The molecule has 7 nitrogen and oxygen atoms in total. The predicted molar refractivity (Wildman–Crippen MR) is 164 cm³/mol. The van der Waals surface area contributed by atoms with Gasteiger partial charge in [-0.3, -0.25) is 14.4 Å². The Labute approximate surface area is 244 Å². The lowest BCUT2D eigenvalue weighted by Crippen LogP contribution is -2.38. The Morgan fingerprint density at radius 1 is 0.854 bits per heavy atom. The summed E-state index contributed by atoms with van der Waals surface area (Å²) in [6, 6.07) is 16.4. The van der Waals surface area contributed by atoms with Crippen molar-refractivity contribution >= 4 is 35.6 Å². The van der Waals surface area contributed by atoms with Crippen LogP contribution in [0, 0.1) is 0 Å². The minimum atomic E-state index is 0.0278. The molecule has 1 fully saturated rings. The Balaban J connectivity index is 1.11. The third-order valence-corrected chi connectivity index (χ3v) is 8.00. The maximum atomic E-state index is 13.3. The fourth-order valence-electron chi connectivity index (χ4n) is 5.70. The van der Waals surface area contributed by atoms with Crippen LogP contribution < -0.4 is 10.2 Å². The molecule has 2 aliphatic heterocycles. The molecule has 7 heteroatoms. The zero-order valence-corrected chi connectivity index (χ0v) is 24.5. The largest absolute Gasteiger partial charge is 0.380 e. The lowest BCUT2D eigenvalue weighted by atomic mass is 10.0. The number of carbonyl (C=O) groups is 3. The van der Waals surface area contributed by atoms with Crippen LogP contribution in [0.15, 0.2) is 48.5 Å². The predicted octanol–water partition coefficient (Wildman–Crippen LogP) is 5.97. The van der Waals surface area contributed by atoms with Gasteiger partial charge < -0.3 is 19.9 Å². The number of benzene rings is 2. The lowest BCUT2D eigenvalue weighted by Gasteiger charge is -2.27. The van der Waals surface area contributed by atoms with Crippen molar-refractivity contribution in [3.63, 3.8) is 0 Å². The maximum Gasteiger partial charge on any atom is 0.227 e. The molecule has 2 aromatic rings. The Kier molecular flexibility index (Phi) is 12.0. The van der Waals surface area contributed by atoms with Gasteiger partial charge in [-0.05, 0) is 68.2 Å². The molecule has 41 heavy (non-hydrogen) atoms. The van der Waals surface area contributed by atoms with Crippen LogP contribution in [0.1, 0.15) is 87.8 Å². The van der Waals surface area contributed by atoms with Crippen molar-refractivity contribution in [3.8, 4) is 0 Å². The molecule has 2 heterocycles. The second-order valence-electron chi connectivity index (χ2n) is 11.0. The molecule has 0 aliphatic carbocycles. The number of unbranched alkanes of at least 4 members (excludes halogenated alkanes) is 3. The molecule has 0 bridgehead atoms. The maximum absolute atomic E-state index is 13.3. The highest BCUT2D eigenvalue weighted by Crippen LogP contribution is 2.29. The van der Waals surface area contributed by atoms with E-state index in [1.165, 1.54) is 0 Å². The number of likely N-dealkylation sites (tertiary alicyclic amines) is 1. The van der Waals surface area contributed by atoms with E-state index in [0.717, 1.165) is 61.0 Å². The molecule has 4 rings (SSSR count). The summed E-state index contributed by atoms with van der Waals surface area (Å²) < 4.78 is 5.53. The fraction of sp³-hybridized carbons (Fsp3) is 0.500. The lowest BCUT2D eigenvalue weighted by molar-refractivity contribution is -0.133. The summed E-state index contributed by atoms with van der Waals surface area (Å²) in [5, 5.41) is 2.99. The summed E-state index contributed by atoms with van der Waals surface area (Å²) >= 11 is 0. The number of anilines is 1. The van der Waals surface area contributed by atoms with Crippen LogP contribution in [0.3, 0.4) is 0 Å². The van der Waals surface area contributed by atoms with Crippen molar-refractivity contribution in [1.82, 2.24) is 10.2 Å². The smallest absolute Gasteiger partial charge is 0.227 e. The van der Waals surface area contributed by atoms with Crippen LogP contribution in [0.4, 0.5) is 5.69 Å². The first-order chi connectivity index (χ1) is 20.1. The molecule has 220 valence electrons. The Bertz CT molecular complexity index is 1190. The van der Waals surface area contributed by atoms with E-state index in [9.17, 15) is 14.4 Å². The number of para-hydroxylation sites is 1. The third kappa shape index (κ3) is 9.02. The van der Waals surface area contributed by atoms with Gasteiger partial charge in [0, 0.05) is 39.0 Å². The van der Waals surface area contributed by atoms with Crippen LogP contribution in [-0.2, 0) is 25.7 Å². The van der Waals surface area contributed by atoms with Gasteiger partial charge >= 0.3 is 0 Å². The highest BCUT2D eigenvalue weighted by molar-refractivity contribution is 5.97. The molecule has 2 aromatic carbocycles. The summed E-state index contributed by atoms with van der Waals surface area (Å²) in [5.74, 6) is 0.335. The zero-order chi connectivity index (χ0) is 28.9. The van der Waals surface area contributed by atoms with Gasteiger partial charge in [-0.25, -0.2) is 0 Å². The highest BCUT2D eigenvalue weighted by Gasteiger charge is 2.28. The van der Waals surface area contributed by atoms with E-state index in [4.69, 9.17) is 4.74 Å². The second-order valence-corrected chi connectivity index (χ2v) is 11.0. The number of hydrogen-bond donors (Lipinski definition) is 1. The molecule has 0 saturated carbocycles. The molecule has 0 spiro atoms. The van der Waals surface area contributed by atoms with E-state index in [1.54, 1.807) is 0 Å². The number of ether oxygens (including phenoxy) is 1. The monoisotopic (exact) mass is 559 g/mol.